The highest BCUT2D eigenvalue weighted by atomic mass is 16.6. The third-order valence-corrected chi connectivity index (χ3v) is 2.75. The first-order valence-corrected chi connectivity index (χ1v) is 6.66. The van der Waals surface area contributed by atoms with Crippen molar-refractivity contribution in [3.63, 3.8) is 0 Å². The molecule has 1 aromatic carbocycles. The van der Waals surface area contributed by atoms with Gasteiger partial charge in [0.15, 0.2) is 0 Å². The van der Waals surface area contributed by atoms with Crippen LogP contribution in [0.25, 0.3) is 0 Å². The molecule has 0 spiro atoms. The SMILES string of the molecule is Cc1ccc([N+](=O)[O-])cc1OCC(O)CNCC(C)C. The first-order valence-electron chi connectivity index (χ1n) is 6.66. The number of hydrogen-bond acceptors (Lipinski definition) is 5. The van der Waals surface area contributed by atoms with Gasteiger partial charge in [0.1, 0.15) is 18.5 Å². The summed E-state index contributed by atoms with van der Waals surface area (Å²) < 4.78 is 5.45. The summed E-state index contributed by atoms with van der Waals surface area (Å²) in [6.45, 7) is 7.35. The Hall–Kier alpha value is -1.66. The average Bonchev–Trinajstić information content (AvgIpc) is 2.37. The summed E-state index contributed by atoms with van der Waals surface area (Å²) in [6, 6.07) is 4.45. The molecule has 0 aliphatic rings. The number of nitrogens with one attached hydrogen (secondary N) is 1. The van der Waals surface area contributed by atoms with E-state index >= 15 is 0 Å². The molecule has 112 valence electrons. The molecule has 1 aromatic rings. The van der Waals surface area contributed by atoms with Gasteiger partial charge in [-0.15, -0.1) is 0 Å². The first-order chi connectivity index (χ1) is 9.40. The van der Waals surface area contributed by atoms with Gasteiger partial charge in [0, 0.05) is 12.6 Å². The maximum Gasteiger partial charge on any atom is 0.273 e. The van der Waals surface area contributed by atoms with Crippen LogP contribution in [0.5, 0.6) is 5.75 Å². The number of hydrogen-bond donors (Lipinski definition) is 2. The summed E-state index contributed by atoms with van der Waals surface area (Å²) in [4.78, 5) is 10.2. The van der Waals surface area contributed by atoms with E-state index in [1.54, 1.807) is 6.07 Å². The van der Waals surface area contributed by atoms with Crippen molar-refractivity contribution in [2.24, 2.45) is 5.92 Å². The van der Waals surface area contributed by atoms with Crippen molar-refractivity contribution in [1.82, 2.24) is 5.32 Å². The number of non-ortho nitro benzene ring substituents is 1. The minimum Gasteiger partial charge on any atom is -0.490 e. The van der Waals surface area contributed by atoms with E-state index in [1.165, 1.54) is 12.1 Å². The van der Waals surface area contributed by atoms with Crippen LogP contribution in [0.2, 0.25) is 0 Å². The van der Waals surface area contributed by atoms with Gasteiger partial charge >= 0.3 is 0 Å². The van der Waals surface area contributed by atoms with Crippen LogP contribution in [-0.4, -0.2) is 35.8 Å². The fourth-order valence-electron chi connectivity index (χ4n) is 1.64. The quantitative estimate of drug-likeness (QED) is 0.562. The fraction of sp³-hybridized carbons (Fsp3) is 0.571. The number of benzene rings is 1. The molecule has 0 bridgehead atoms. The molecule has 0 aliphatic heterocycles. The number of nitro benzene ring substituents is 1. The van der Waals surface area contributed by atoms with Crippen LogP contribution in [-0.2, 0) is 0 Å². The predicted octanol–water partition coefficient (Wildman–Crippen LogP) is 1.89. The molecule has 20 heavy (non-hydrogen) atoms. The van der Waals surface area contributed by atoms with Crippen molar-refractivity contribution in [2.45, 2.75) is 26.9 Å². The van der Waals surface area contributed by atoms with E-state index in [4.69, 9.17) is 4.74 Å². The van der Waals surface area contributed by atoms with E-state index < -0.39 is 11.0 Å². The molecule has 6 heteroatoms. The number of aliphatic hydroxyl groups excluding tert-OH is 1. The summed E-state index contributed by atoms with van der Waals surface area (Å²) in [6.07, 6.45) is -0.646. The summed E-state index contributed by atoms with van der Waals surface area (Å²) in [5, 5.41) is 23.6. The van der Waals surface area contributed by atoms with E-state index in [-0.39, 0.29) is 12.3 Å². The second-order valence-electron chi connectivity index (χ2n) is 5.22. The van der Waals surface area contributed by atoms with Gasteiger partial charge in [-0.2, -0.15) is 0 Å². The molecule has 0 fully saturated rings. The second kappa shape index (κ2) is 7.81. The molecule has 1 unspecified atom stereocenters. The zero-order valence-electron chi connectivity index (χ0n) is 12.1. The van der Waals surface area contributed by atoms with Gasteiger partial charge in [-0.1, -0.05) is 13.8 Å². The first kappa shape index (κ1) is 16.4. The molecule has 0 amide bonds. The van der Waals surface area contributed by atoms with Crippen LogP contribution < -0.4 is 10.1 Å². The van der Waals surface area contributed by atoms with Crippen molar-refractivity contribution in [2.75, 3.05) is 19.7 Å². The summed E-state index contributed by atoms with van der Waals surface area (Å²) in [7, 11) is 0. The number of aryl methyl sites for hydroxylation is 1. The van der Waals surface area contributed by atoms with Crippen LogP contribution in [0.1, 0.15) is 19.4 Å². The topological polar surface area (TPSA) is 84.6 Å². The molecular weight excluding hydrogens is 260 g/mol. The van der Waals surface area contributed by atoms with Gasteiger partial charge < -0.3 is 15.2 Å². The highest BCUT2D eigenvalue weighted by Crippen LogP contribution is 2.24. The van der Waals surface area contributed by atoms with Gasteiger partial charge in [0.05, 0.1) is 11.0 Å². The van der Waals surface area contributed by atoms with E-state index in [2.05, 4.69) is 19.2 Å². The Balaban J connectivity index is 2.48. The summed E-state index contributed by atoms with van der Waals surface area (Å²) >= 11 is 0. The zero-order chi connectivity index (χ0) is 15.1. The largest absolute Gasteiger partial charge is 0.490 e. The van der Waals surface area contributed by atoms with Gasteiger partial charge in [-0.25, -0.2) is 0 Å². The molecular formula is C14H22N2O4. The Morgan fingerprint density at radius 3 is 2.70 bits per heavy atom. The lowest BCUT2D eigenvalue weighted by atomic mass is 10.2. The molecule has 0 heterocycles. The van der Waals surface area contributed by atoms with Crippen molar-refractivity contribution < 1.29 is 14.8 Å². The van der Waals surface area contributed by atoms with Crippen LogP contribution in [0.3, 0.4) is 0 Å². The molecule has 0 radical (unpaired) electrons. The van der Waals surface area contributed by atoms with Crippen molar-refractivity contribution in [3.8, 4) is 5.75 Å². The highest BCUT2D eigenvalue weighted by molar-refractivity contribution is 5.43. The minimum absolute atomic E-state index is 0.0157. The Morgan fingerprint density at radius 1 is 1.40 bits per heavy atom. The molecule has 1 atom stereocenters. The lowest BCUT2D eigenvalue weighted by molar-refractivity contribution is -0.385. The monoisotopic (exact) mass is 282 g/mol. The van der Waals surface area contributed by atoms with Gasteiger partial charge in [0.25, 0.3) is 5.69 Å². The Kier molecular flexibility index (Phi) is 6.41. The van der Waals surface area contributed by atoms with Gasteiger partial charge in [-0.3, -0.25) is 10.1 Å². The summed E-state index contributed by atoms with van der Waals surface area (Å²) in [5.74, 6) is 0.948. The van der Waals surface area contributed by atoms with Crippen molar-refractivity contribution in [3.05, 3.63) is 33.9 Å². The fourth-order valence-corrected chi connectivity index (χ4v) is 1.64. The maximum atomic E-state index is 10.7. The highest BCUT2D eigenvalue weighted by Gasteiger charge is 2.11. The lowest BCUT2D eigenvalue weighted by Crippen LogP contribution is -2.33. The number of rotatable bonds is 8. The summed E-state index contributed by atoms with van der Waals surface area (Å²) in [5.41, 5.74) is 0.788. The standard InChI is InChI=1S/C14H22N2O4/c1-10(2)7-15-8-13(17)9-20-14-6-12(16(18)19)5-4-11(14)3/h4-6,10,13,15,17H,7-9H2,1-3H3. The number of aliphatic hydroxyl groups is 1. The molecule has 1 rings (SSSR count). The Morgan fingerprint density at radius 2 is 2.10 bits per heavy atom. The normalized spacial score (nSPS) is 12.4. The van der Waals surface area contributed by atoms with E-state index in [1.807, 2.05) is 6.92 Å². The second-order valence-corrected chi connectivity index (χ2v) is 5.22. The van der Waals surface area contributed by atoms with Crippen LogP contribution in [0.4, 0.5) is 5.69 Å². The van der Waals surface area contributed by atoms with Gasteiger partial charge in [-0.05, 0) is 31.0 Å². The average molecular weight is 282 g/mol. The maximum absolute atomic E-state index is 10.7. The molecule has 6 nitrogen and oxygen atoms in total. The number of nitro groups is 1. The van der Waals surface area contributed by atoms with Crippen LogP contribution in [0.15, 0.2) is 18.2 Å². The molecule has 2 N–H and O–H groups in total. The predicted molar refractivity (Wildman–Crippen MR) is 77.0 cm³/mol. The number of nitrogens with zero attached hydrogens (tertiary/aromatic N) is 1. The van der Waals surface area contributed by atoms with Crippen molar-refractivity contribution >= 4 is 5.69 Å². The smallest absolute Gasteiger partial charge is 0.273 e. The van der Waals surface area contributed by atoms with Crippen LogP contribution >= 0.6 is 0 Å². The lowest BCUT2D eigenvalue weighted by Gasteiger charge is -2.15. The third-order valence-electron chi connectivity index (χ3n) is 2.75. The van der Waals surface area contributed by atoms with Crippen LogP contribution in [0, 0.1) is 23.0 Å². The Bertz CT molecular complexity index is 449. The van der Waals surface area contributed by atoms with Crippen molar-refractivity contribution in [1.29, 1.82) is 0 Å². The van der Waals surface area contributed by atoms with E-state index in [0.29, 0.717) is 18.2 Å². The molecule has 0 saturated heterocycles. The molecule has 0 saturated carbocycles. The molecule has 0 aromatic heterocycles. The van der Waals surface area contributed by atoms with E-state index in [0.717, 1.165) is 12.1 Å². The van der Waals surface area contributed by atoms with Gasteiger partial charge in [0.2, 0.25) is 0 Å². The minimum atomic E-state index is -0.646. The third kappa shape index (κ3) is 5.54. The van der Waals surface area contributed by atoms with E-state index in [9.17, 15) is 15.2 Å². The molecule has 0 aliphatic carbocycles. The Labute approximate surface area is 118 Å². The number of ether oxygens (including phenoxy) is 1. The zero-order valence-corrected chi connectivity index (χ0v) is 12.1.